The Morgan fingerprint density at radius 3 is 2.67 bits per heavy atom. The van der Waals surface area contributed by atoms with Crippen LogP contribution in [0.15, 0.2) is 18.3 Å². The molecule has 0 radical (unpaired) electrons. The average molecular weight is 309 g/mol. The van der Waals surface area contributed by atoms with Crippen molar-refractivity contribution in [2.45, 2.75) is 13.8 Å². The first-order valence-corrected chi connectivity index (χ1v) is 6.44. The van der Waals surface area contributed by atoms with Gasteiger partial charge in [-0.3, -0.25) is 10.1 Å². The number of aromatic nitrogens is 2. The molecule has 2 rings (SSSR count). The van der Waals surface area contributed by atoms with E-state index in [2.05, 4.69) is 15.3 Å². The van der Waals surface area contributed by atoms with E-state index in [4.69, 9.17) is 16.3 Å². The molecule has 1 aromatic heterocycles. The van der Waals surface area contributed by atoms with Gasteiger partial charge >= 0.3 is 0 Å². The Morgan fingerprint density at radius 2 is 2.05 bits per heavy atom. The average Bonchev–Trinajstić information content (AvgIpc) is 2.44. The molecule has 0 unspecified atom stereocenters. The van der Waals surface area contributed by atoms with E-state index < -0.39 is 4.92 Å². The predicted octanol–water partition coefficient (Wildman–Crippen LogP) is 3.49. The maximum Gasteiger partial charge on any atom is 0.272 e. The minimum absolute atomic E-state index is 0.0459. The van der Waals surface area contributed by atoms with Crippen molar-refractivity contribution in [2.24, 2.45) is 0 Å². The molecule has 0 aliphatic heterocycles. The minimum Gasteiger partial charge on any atom is -0.437 e. The van der Waals surface area contributed by atoms with Gasteiger partial charge in [0.15, 0.2) is 0 Å². The summed E-state index contributed by atoms with van der Waals surface area (Å²) in [4.78, 5) is 18.5. The first-order valence-electron chi connectivity index (χ1n) is 6.06. The van der Waals surface area contributed by atoms with Gasteiger partial charge in [0, 0.05) is 18.7 Å². The number of aryl methyl sites for hydroxylation is 2. The van der Waals surface area contributed by atoms with Gasteiger partial charge in [0.25, 0.3) is 5.69 Å². The molecule has 0 aliphatic rings. The van der Waals surface area contributed by atoms with Gasteiger partial charge in [0.1, 0.15) is 10.8 Å². The van der Waals surface area contributed by atoms with Crippen molar-refractivity contribution in [3.63, 3.8) is 0 Å². The molecular formula is C13H13ClN4O3. The second-order valence-corrected chi connectivity index (χ2v) is 4.77. The number of nitro groups is 1. The molecular weight excluding hydrogens is 296 g/mol. The van der Waals surface area contributed by atoms with Crippen molar-refractivity contribution in [2.75, 3.05) is 12.4 Å². The van der Waals surface area contributed by atoms with Gasteiger partial charge in [-0.1, -0.05) is 11.6 Å². The van der Waals surface area contributed by atoms with Gasteiger partial charge in [-0.05, 0) is 25.5 Å². The predicted molar refractivity (Wildman–Crippen MR) is 79.2 cm³/mol. The topological polar surface area (TPSA) is 90.2 Å². The van der Waals surface area contributed by atoms with Gasteiger partial charge in [-0.2, -0.15) is 4.98 Å². The van der Waals surface area contributed by atoms with Crippen LogP contribution >= 0.6 is 11.6 Å². The Labute approximate surface area is 126 Å². The lowest BCUT2D eigenvalue weighted by molar-refractivity contribution is -0.385. The fraction of sp³-hybridized carbons (Fsp3) is 0.231. The fourth-order valence-electron chi connectivity index (χ4n) is 1.73. The molecule has 0 fully saturated rings. The smallest absolute Gasteiger partial charge is 0.272 e. The third-order valence-corrected chi connectivity index (χ3v) is 3.09. The molecule has 0 atom stereocenters. The van der Waals surface area contributed by atoms with E-state index in [0.29, 0.717) is 22.8 Å². The van der Waals surface area contributed by atoms with Crippen LogP contribution in [-0.4, -0.2) is 21.9 Å². The summed E-state index contributed by atoms with van der Waals surface area (Å²) in [5, 5.41) is 13.9. The number of nitro benzene ring substituents is 1. The number of nitrogens with zero attached hydrogens (tertiary/aromatic N) is 3. The van der Waals surface area contributed by atoms with E-state index >= 15 is 0 Å². The lowest BCUT2D eigenvalue weighted by Crippen LogP contribution is -2.00. The molecule has 8 heteroatoms. The lowest BCUT2D eigenvalue weighted by Gasteiger charge is -2.11. The number of rotatable bonds is 4. The van der Waals surface area contributed by atoms with E-state index in [1.807, 2.05) is 0 Å². The third kappa shape index (κ3) is 3.19. The second kappa shape index (κ2) is 5.92. The molecule has 0 spiro atoms. The first kappa shape index (κ1) is 15.0. The van der Waals surface area contributed by atoms with Crippen molar-refractivity contribution in [3.05, 3.63) is 44.6 Å². The van der Waals surface area contributed by atoms with Crippen molar-refractivity contribution in [1.82, 2.24) is 9.97 Å². The van der Waals surface area contributed by atoms with Crippen LogP contribution in [0.1, 0.15) is 11.1 Å². The van der Waals surface area contributed by atoms with Crippen molar-refractivity contribution >= 4 is 23.2 Å². The SMILES string of the molecule is CNc1ncc(Cl)c(Oc2cc(C)c([N+](=O)[O-])cc2C)n1. The van der Waals surface area contributed by atoms with Crippen LogP contribution in [0.4, 0.5) is 11.6 Å². The highest BCUT2D eigenvalue weighted by Gasteiger charge is 2.16. The molecule has 21 heavy (non-hydrogen) atoms. The van der Waals surface area contributed by atoms with Gasteiger partial charge in [0.05, 0.1) is 11.1 Å². The zero-order valence-corrected chi connectivity index (χ0v) is 12.4. The first-order chi connectivity index (χ1) is 9.92. The zero-order chi connectivity index (χ0) is 15.6. The van der Waals surface area contributed by atoms with E-state index in [9.17, 15) is 10.1 Å². The largest absolute Gasteiger partial charge is 0.437 e. The number of hydrogen-bond donors (Lipinski definition) is 1. The van der Waals surface area contributed by atoms with Gasteiger partial charge < -0.3 is 10.1 Å². The third-order valence-electron chi connectivity index (χ3n) is 2.83. The Kier molecular flexibility index (Phi) is 4.23. The summed E-state index contributed by atoms with van der Waals surface area (Å²) in [6, 6.07) is 3.05. The van der Waals surface area contributed by atoms with Crippen LogP contribution in [-0.2, 0) is 0 Å². The number of anilines is 1. The van der Waals surface area contributed by atoms with E-state index in [1.54, 1.807) is 27.0 Å². The molecule has 1 aromatic carbocycles. The van der Waals surface area contributed by atoms with E-state index in [-0.39, 0.29) is 16.6 Å². The summed E-state index contributed by atoms with van der Waals surface area (Å²) in [5.74, 6) is 1.01. The summed E-state index contributed by atoms with van der Waals surface area (Å²) < 4.78 is 5.65. The molecule has 0 amide bonds. The normalized spacial score (nSPS) is 10.3. The summed E-state index contributed by atoms with van der Waals surface area (Å²) in [5.41, 5.74) is 1.16. The summed E-state index contributed by atoms with van der Waals surface area (Å²) in [6.45, 7) is 3.36. The zero-order valence-electron chi connectivity index (χ0n) is 11.7. The maximum absolute atomic E-state index is 10.9. The maximum atomic E-state index is 10.9. The second-order valence-electron chi connectivity index (χ2n) is 4.36. The van der Waals surface area contributed by atoms with Crippen LogP contribution in [0, 0.1) is 24.0 Å². The van der Waals surface area contributed by atoms with Gasteiger partial charge in [-0.25, -0.2) is 4.98 Å². The van der Waals surface area contributed by atoms with E-state index in [0.717, 1.165) is 0 Å². The number of nitrogens with one attached hydrogen (secondary N) is 1. The number of halogens is 1. The molecule has 0 saturated carbocycles. The van der Waals surface area contributed by atoms with Crippen molar-refractivity contribution < 1.29 is 9.66 Å². The van der Waals surface area contributed by atoms with Crippen LogP contribution < -0.4 is 10.1 Å². The molecule has 1 N–H and O–H groups in total. The fourth-order valence-corrected chi connectivity index (χ4v) is 1.86. The highest BCUT2D eigenvalue weighted by Crippen LogP contribution is 2.33. The number of hydrogen-bond acceptors (Lipinski definition) is 6. The number of benzene rings is 1. The minimum atomic E-state index is -0.428. The van der Waals surface area contributed by atoms with Gasteiger partial charge in [0.2, 0.25) is 11.8 Å². The standard InChI is InChI=1S/C13H13ClN4O3/c1-7-5-11(8(2)4-10(7)18(19)20)21-12-9(14)6-16-13(15-3)17-12/h4-6H,1-3H3,(H,15,16,17). The Balaban J connectivity index is 2.40. The van der Waals surface area contributed by atoms with Crippen LogP contribution in [0.2, 0.25) is 5.02 Å². The molecule has 110 valence electrons. The molecule has 7 nitrogen and oxygen atoms in total. The Morgan fingerprint density at radius 1 is 1.33 bits per heavy atom. The van der Waals surface area contributed by atoms with Crippen molar-refractivity contribution in [1.29, 1.82) is 0 Å². The van der Waals surface area contributed by atoms with Crippen LogP contribution in [0.5, 0.6) is 11.6 Å². The monoisotopic (exact) mass is 308 g/mol. The highest BCUT2D eigenvalue weighted by atomic mass is 35.5. The Hall–Kier alpha value is -2.41. The molecule has 0 bridgehead atoms. The van der Waals surface area contributed by atoms with Gasteiger partial charge in [-0.15, -0.1) is 0 Å². The summed E-state index contributed by atoms with van der Waals surface area (Å²) in [6.07, 6.45) is 1.42. The summed E-state index contributed by atoms with van der Waals surface area (Å²) >= 11 is 5.99. The quantitative estimate of drug-likeness (QED) is 0.687. The molecule has 0 aliphatic carbocycles. The van der Waals surface area contributed by atoms with E-state index in [1.165, 1.54) is 12.3 Å². The molecule has 1 heterocycles. The number of ether oxygens (including phenoxy) is 1. The van der Waals surface area contributed by atoms with Crippen LogP contribution in [0.3, 0.4) is 0 Å². The molecule has 2 aromatic rings. The van der Waals surface area contributed by atoms with Crippen LogP contribution in [0.25, 0.3) is 0 Å². The molecule has 0 saturated heterocycles. The van der Waals surface area contributed by atoms with Crippen molar-refractivity contribution in [3.8, 4) is 11.6 Å². The lowest BCUT2D eigenvalue weighted by atomic mass is 10.1. The summed E-state index contributed by atoms with van der Waals surface area (Å²) in [7, 11) is 1.67. The Bertz CT molecular complexity index is 706. The highest BCUT2D eigenvalue weighted by molar-refractivity contribution is 6.31.